The van der Waals surface area contributed by atoms with Gasteiger partial charge < -0.3 is 5.32 Å². The average Bonchev–Trinajstić information content (AvgIpc) is 3.29. The van der Waals surface area contributed by atoms with E-state index in [4.69, 9.17) is 0 Å². The van der Waals surface area contributed by atoms with Gasteiger partial charge in [0.1, 0.15) is 22.4 Å². The number of nitrogens with one attached hydrogen (secondary N) is 1. The lowest BCUT2D eigenvalue weighted by molar-refractivity contribution is -0.116. The highest BCUT2D eigenvalue weighted by atomic mass is 32.2. The molecule has 3 aromatic heterocycles. The second-order valence-electron chi connectivity index (χ2n) is 7.49. The fourth-order valence-electron chi connectivity index (χ4n) is 3.78. The van der Waals surface area contributed by atoms with E-state index in [-0.39, 0.29) is 18.0 Å². The van der Waals surface area contributed by atoms with Gasteiger partial charge in [0.25, 0.3) is 5.56 Å². The number of hydrogen-bond donors (Lipinski definition) is 1. The third kappa shape index (κ3) is 3.80. The number of nitriles is 1. The van der Waals surface area contributed by atoms with Crippen molar-refractivity contribution in [3.8, 4) is 6.07 Å². The maximum atomic E-state index is 13.0. The van der Waals surface area contributed by atoms with Gasteiger partial charge in [-0.3, -0.25) is 14.2 Å². The van der Waals surface area contributed by atoms with Gasteiger partial charge in [-0.2, -0.15) is 5.26 Å². The Labute approximate surface area is 186 Å². The second-order valence-corrected chi connectivity index (χ2v) is 10.5. The van der Waals surface area contributed by atoms with Crippen molar-refractivity contribution in [2.24, 2.45) is 5.92 Å². The monoisotopic (exact) mass is 458 g/mol. The van der Waals surface area contributed by atoms with Crippen LogP contribution in [0.25, 0.3) is 10.2 Å². The molecule has 1 N–H and O–H groups in total. The van der Waals surface area contributed by atoms with Crippen molar-refractivity contribution in [3.05, 3.63) is 37.3 Å². The number of carbonyl (C=O) groups excluding carboxylic acids is 1. The molecule has 0 fully saturated rings. The number of rotatable bonds is 5. The Morgan fingerprint density at radius 2 is 2.27 bits per heavy atom. The number of aromatic nitrogens is 2. The summed E-state index contributed by atoms with van der Waals surface area (Å²) >= 11 is 4.36. The standard InChI is InChI=1S/C21H22N4O2S3/c1-4-12-8-14-18(29-12)24-21(28-3)25(20(14)27)10-17(26)23-19-15(9-22)13-6-5-11(2)7-16(13)30-19/h8,11H,4-7,10H2,1-3H3,(H,23,26). The maximum absolute atomic E-state index is 13.0. The van der Waals surface area contributed by atoms with E-state index in [0.29, 0.717) is 31.9 Å². The zero-order valence-corrected chi connectivity index (χ0v) is 19.5. The minimum Gasteiger partial charge on any atom is -0.315 e. The van der Waals surface area contributed by atoms with Crippen LogP contribution in [0.15, 0.2) is 16.0 Å². The number of thioether (sulfide) groups is 1. The SMILES string of the molecule is CCc1cc2c(=O)n(CC(=O)Nc3sc4c(c3C#N)CCC(C)C4)c(SC)nc2s1. The van der Waals surface area contributed by atoms with Crippen LogP contribution < -0.4 is 10.9 Å². The van der Waals surface area contributed by atoms with Crippen molar-refractivity contribution in [3.63, 3.8) is 0 Å². The minimum atomic E-state index is -0.317. The molecular weight excluding hydrogens is 436 g/mol. The van der Waals surface area contributed by atoms with Gasteiger partial charge in [0, 0.05) is 9.75 Å². The molecule has 6 nitrogen and oxygen atoms in total. The van der Waals surface area contributed by atoms with Crippen molar-refractivity contribution in [1.82, 2.24) is 9.55 Å². The van der Waals surface area contributed by atoms with Crippen LogP contribution in [0.1, 0.15) is 41.1 Å². The highest BCUT2D eigenvalue weighted by Gasteiger charge is 2.25. The van der Waals surface area contributed by atoms with Crippen molar-refractivity contribution >= 4 is 55.6 Å². The molecule has 0 bridgehead atoms. The molecule has 0 saturated heterocycles. The Bertz CT molecular complexity index is 1230. The Hall–Kier alpha value is -2.15. The summed E-state index contributed by atoms with van der Waals surface area (Å²) in [5.41, 5.74) is 1.45. The Balaban J connectivity index is 1.64. The highest BCUT2D eigenvalue weighted by molar-refractivity contribution is 7.98. The second kappa shape index (κ2) is 8.53. The van der Waals surface area contributed by atoms with E-state index in [2.05, 4.69) is 23.3 Å². The third-order valence-corrected chi connectivity index (χ3v) is 8.40. The van der Waals surface area contributed by atoms with Crippen LogP contribution in [-0.2, 0) is 30.6 Å². The molecule has 1 aliphatic rings. The molecule has 0 saturated carbocycles. The van der Waals surface area contributed by atoms with Crippen LogP contribution in [0.2, 0.25) is 0 Å². The van der Waals surface area contributed by atoms with Crippen LogP contribution in [0.3, 0.4) is 0 Å². The molecule has 0 aromatic carbocycles. The first kappa shape index (κ1) is 21.1. The fraction of sp³-hybridized carbons (Fsp3) is 0.429. The van der Waals surface area contributed by atoms with Crippen molar-refractivity contribution < 1.29 is 4.79 Å². The van der Waals surface area contributed by atoms with E-state index in [0.717, 1.165) is 36.1 Å². The lowest BCUT2D eigenvalue weighted by Gasteiger charge is -2.17. The molecular formula is C21H22N4O2S3. The Morgan fingerprint density at radius 3 is 2.97 bits per heavy atom. The molecule has 1 aliphatic carbocycles. The summed E-state index contributed by atoms with van der Waals surface area (Å²) in [5.74, 6) is 0.271. The normalized spacial score (nSPS) is 15.7. The summed E-state index contributed by atoms with van der Waals surface area (Å²) in [6.45, 7) is 4.13. The number of carbonyl (C=O) groups is 1. The van der Waals surface area contributed by atoms with Gasteiger partial charge in [-0.1, -0.05) is 25.6 Å². The molecule has 3 aromatic rings. The molecule has 1 unspecified atom stereocenters. The van der Waals surface area contributed by atoms with E-state index in [1.807, 2.05) is 19.2 Å². The van der Waals surface area contributed by atoms with Gasteiger partial charge in [-0.15, -0.1) is 22.7 Å². The minimum absolute atomic E-state index is 0.126. The van der Waals surface area contributed by atoms with Gasteiger partial charge in [-0.05, 0) is 49.5 Å². The summed E-state index contributed by atoms with van der Waals surface area (Å²) in [6, 6.07) is 4.14. The van der Waals surface area contributed by atoms with Crippen LogP contribution >= 0.6 is 34.4 Å². The molecule has 3 heterocycles. The predicted molar refractivity (Wildman–Crippen MR) is 124 cm³/mol. The van der Waals surface area contributed by atoms with Crippen molar-refractivity contribution in [2.45, 2.75) is 51.2 Å². The topological polar surface area (TPSA) is 87.8 Å². The predicted octanol–water partition coefficient (Wildman–Crippen LogP) is 4.44. The summed E-state index contributed by atoms with van der Waals surface area (Å²) in [4.78, 5) is 33.5. The molecule has 1 atom stereocenters. The van der Waals surface area contributed by atoms with Gasteiger partial charge >= 0.3 is 0 Å². The first-order valence-corrected chi connectivity index (χ1v) is 12.7. The first-order valence-electron chi connectivity index (χ1n) is 9.86. The number of fused-ring (bicyclic) bond motifs is 2. The number of nitrogens with zero attached hydrogens (tertiary/aromatic N) is 3. The molecule has 30 heavy (non-hydrogen) atoms. The van der Waals surface area contributed by atoms with Gasteiger partial charge in [-0.25, -0.2) is 4.98 Å². The zero-order chi connectivity index (χ0) is 21.4. The highest BCUT2D eigenvalue weighted by Crippen LogP contribution is 2.39. The van der Waals surface area contributed by atoms with Crippen LogP contribution in [0.5, 0.6) is 0 Å². The molecule has 1 amide bonds. The van der Waals surface area contributed by atoms with E-state index in [1.165, 1.54) is 43.9 Å². The lowest BCUT2D eigenvalue weighted by atomic mass is 9.89. The van der Waals surface area contributed by atoms with Gasteiger partial charge in [0.15, 0.2) is 5.16 Å². The maximum Gasteiger partial charge on any atom is 0.263 e. The summed E-state index contributed by atoms with van der Waals surface area (Å²) < 4.78 is 1.43. The Kier molecular flexibility index (Phi) is 6.00. The van der Waals surface area contributed by atoms with Gasteiger partial charge in [0.2, 0.25) is 5.91 Å². The largest absolute Gasteiger partial charge is 0.315 e. The zero-order valence-electron chi connectivity index (χ0n) is 17.1. The first-order chi connectivity index (χ1) is 14.4. The van der Waals surface area contributed by atoms with Crippen molar-refractivity contribution in [1.29, 1.82) is 5.26 Å². The number of hydrogen-bond acceptors (Lipinski definition) is 7. The van der Waals surface area contributed by atoms with E-state index >= 15 is 0 Å². The molecule has 0 spiro atoms. The average molecular weight is 459 g/mol. The van der Waals surface area contributed by atoms with E-state index in [9.17, 15) is 14.9 Å². The molecule has 9 heteroatoms. The summed E-state index contributed by atoms with van der Waals surface area (Å²) in [7, 11) is 0. The third-order valence-electron chi connectivity index (χ3n) is 5.38. The fourth-order valence-corrected chi connectivity index (χ4v) is 6.73. The Morgan fingerprint density at radius 1 is 1.47 bits per heavy atom. The van der Waals surface area contributed by atoms with Crippen LogP contribution in [0, 0.1) is 17.2 Å². The quantitative estimate of drug-likeness (QED) is 0.451. The number of amides is 1. The summed E-state index contributed by atoms with van der Waals surface area (Å²) in [6.07, 6.45) is 5.57. The van der Waals surface area contributed by atoms with Crippen molar-refractivity contribution in [2.75, 3.05) is 11.6 Å². The number of anilines is 1. The molecule has 4 rings (SSSR count). The molecule has 0 radical (unpaired) electrons. The van der Waals surface area contributed by atoms with Crippen LogP contribution in [-0.4, -0.2) is 21.7 Å². The van der Waals surface area contributed by atoms with Gasteiger partial charge in [0.05, 0.1) is 10.9 Å². The van der Waals surface area contributed by atoms with E-state index < -0.39 is 0 Å². The number of thiophene rings is 2. The van der Waals surface area contributed by atoms with Crippen LogP contribution in [0.4, 0.5) is 5.00 Å². The summed E-state index contributed by atoms with van der Waals surface area (Å²) in [5, 5.41) is 14.2. The lowest BCUT2D eigenvalue weighted by Crippen LogP contribution is -2.29. The smallest absolute Gasteiger partial charge is 0.263 e. The van der Waals surface area contributed by atoms with E-state index in [1.54, 1.807) is 0 Å². The molecule has 156 valence electrons. The molecule has 0 aliphatic heterocycles. The number of aryl methyl sites for hydroxylation is 1.